The maximum Gasteiger partial charge on any atom is 0.501 e. The number of anilines is 1. The van der Waals surface area contributed by atoms with Crippen molar-refractivity contribution in [1.29, 1.82) is 0 Å². The predicted octanol–water partition coefficient (Wildman–Crippen LogP) is 0.407. The van der Waals surface area contributed by atoms with Crippen LogP contribution in [-0.2, 0) is 14.6 Å². The van der Waals surface area contributed by atoms with Crippen LogP contribution >= 0.6 is 0 Å². The highest BCUT2D eigenvalue weighted by Crippen LogP contribution is 2.32. The summed E-state index contributed by atoms with van der Waals surface area (Å²) in [6.45, 7) is 0.165. The van der Waals surface area contributed by atoms with Gasteiger partial charge in [0, 0.05) is 18.7 Å². The molecule has 0 unspecified atom stereocenters. The SMILES string of the molecule is NC(=O)[C@]1(O)CCN(c2ccc(S(=O)(=O)C(F)(F)F)cc2)C1. The fraction of sp³-hybridized carbons (Fsp3) is 0.417. The van der Waals surface area contributed by atoms with E-state index in [4.69, 9.17) is 5.73 Å². The molecule has 10 heteroatoms. The van der Waals surface area contributed by atoms with Crippen molar-refractivity contribution in [2.24, 2.45) is 5.73 Å². The molecule has 1 heterocycles. The number of halogens is 3. The molecule has 1 aliphatic heterocycles. The van der Waals surface area contributed by atoms with Gasteiger partial charge in [0.2, 0.25) is 0 Å². The average molecular weight is 338 g/mol. The molecule has 3 N–H and O–H groups in total. The van der Waals surface area contributed by atoms with E-state index in [1.54, 1.807) is 0 Å². The van der Waals surface area contributed by atoms with Gasteiger partial charge in [-0.15, -0.1) is 0 Å². The third kappa shape index (κ3) is 2.75. The maximum atomic E-state index is 12.4. The molecular weight excluding hydrogens is 325 g/mol. The van der Waals surface area contributed by atoms with Crippen LogP contribution in [0.4, 0.5) is 18.9 Å². The lowest BCUT2D eigenvalue weighted by molar-refractivity contribution is -0.134. The van der Waals surface area contributed by atoms with Gasteiger partial charge in [-0.05, 0) is 24.3 Å². The Kier molecular flexibility index (Phi) is 3.86. The number of β-amino-alcohol motifs (C(OH)–C–C–N with tert-alkyl or cyclic N) is 1. The predicted molar refractivity (Wildman–Crippen MR) is 70.7 cm³/mol. The van der Waals surface area contributed by atoms with E-state index in [0.29, 0.717) is 5.69 Å². The number of primary amides is 1. The Bertz CT molecular complexity index is 687. The Labute approximate surface area is 124 Å². The van der Waals surface area contributed by atoms with Crippen molar-refractivity contribution in [2.75, 3.05) is 18.0 Å². The summed E-state index contributed by atoms with van der Waals surface area (Å²) in [5.41, 5.74) is -1.60. The van der Waals surface area contributed by atoms with E-state index in [-0.39, 0.29) is 19.5 Å². The number of aliphatic hydroxyl groups is 1. The number of carbonyl (C=O) groups excluding carboxylic acids is 1. The number of hydrogen-bond donors (Lipinski definition) is 2. The van der Waals surface area contributed by atoms with Crippen LogP contribution in [0.3, 0.4) is 0 Å². The van der Waals surface area contributed by atoms with Gasteiger partial charge in [-0.2, -0.15) is 13.2 Å². The van der Waals surface area contributed by atoms with E-state index in [9.17, 15) is 31.5 Å². The Morgan fingerprint density at radius 1 is 1.27 bits per heavy atom. The van der Waals surface area contributed by atoms with E-state index in [1.807, 2.05) is 0 Å². The summed E-state index contributed by atoms with van der Waals surface area (Å²) in [5.74, 6) is -0.883. The first-order valence-electron chi connectivity index (χ1n) is 6.16. The zero-order valence-corrected chi connectivity index (χ0v) is 12.0. The van der Waals surface area contributed by atoms with Gasteiger partial charge in [-0.1, -0.05) is 0 Å². The summed E-state index contributed by atoms with van der Waals surface area (Å²) < 4.78 is 59.8. The molecule has 1 aromatic rings. The number of sulfone groups is 1. The third-order valence-electron chi connectivity index (χ3n) is 3.52. The Morgan fingerprint density at radius 3 is 2.23 bits per heavy atom. The number of benzene rings is 1. The quantitative estimate of drug-likeness (QED) is 0.831. The van der Waals surface area contributed by atoms with Gasteiger partial charge >= 0.3 is 5.51 Å². The van der Waals surface area contributed by atoms with Crippen molar-refractivity contribution in [3.05, 3.63) is 24.3 Å². The van der Waals surface area contributed by atoms with Gasteiger partial charge in [0.25, 0.3) is 15.7 Å². The summed E-state index contributed by atoms with van der Waals surface area (Å²) in [5, 5.41) is 9.93. The first-order valence-corrected chi connectivity index (χ1v) is 7.64. The van der Waals surface area contributed by atoms with Crippen LogP contribution in [0.15, 0.2) is 29.2 Å². The largest absolute Gasteiger partial charge is 0.501 e. The van der Waals surface area contributed by atoms with Crippen molar-refractivity contribution in [1.82, 2.24) is 0 Å². The second-order valence-corrected chi connectivity index (χ2v) is 6.95. The number of nitrogens with two attached hydrogens (primary N) is 1. The van der Waals surface area contributed by atoms with Gasteiger partial charge in [-0.3, -0.25) is 4.79 Å². The highest BCUT2D eigenvalue weighted by Gasteiger charge is 2.47. The molecular formula is C12H13F3N2O4S. The van der Waals surface area contributed by atoms with Crippen molar-refractivity contribution in [3.8, 4) is 0 Å². The maximum absolute atomic E-state index is 12.4. The molecule has 0 bridgehead atoms. The number of carbonyl (C=O) groups is 1. The molecule has 0 radical (unpaired) electrons. The summed E-state index contributed by atoms with van der Waals surface area (Å²) in [6, 6.07) is 4.04. The minimum absolute atomic E-state index is 0.0882. The van der Waals surface area contributed by atoms with Crippen LogP contribution in [-0.4, -0.2) is 43.6 Å². The molecule has 0 aromatic heterocycles. The fourth-order valence-electron chi connectivity index (χ4n) is 2.19. The molecule has 2 rings (SSSR count). The number of nitrogens with zero attached hydrogens (tertiary/aromatic N) is 1. The first-order chi connectivity index (χ1) is 9.97. The highest BCUT2D eigenvalue weighted by molar-refractivity contribution is 7.92. The molecule has 1 saturated heterocycles. The second-order valence-electron chi connectivity index (χ2n) is 5.01. The van der Waals surface area contributed by atoms with Crippen molar-refractivity contribution in [3.63, 3.8) is 0 Å². The molecule has 0 aliphatic carbocycles. The van der Waals surface area contributed by atoms with Crippen molar-refractivity contribution < 1.29 is 31.5 Å². The monoisotopic (exact) mass is 338 g/mol. The average Bonchev–Trinajstić information content (AvgIpc) is 2.82. The molecule has 0 saturated carbocycles. The van der Waals surface area contributed by atoms with E-state index < -0.39 is 31.7 Å². The zero-order chi connectivity index (χ0) is 16.8. The number of hydrogen-bond acceptors (Lipinski definition) is 5. The van der Waals surface area contributed by atoms with Crippen LogP contribution in [0.2, 0.25) is 0 Å². The second kappa shape index (κ2) is 5.13. The Hall–Kier alpha value is -1.81. The van der Waals surface area contributed by atoms with Crippen LogP contribution in [0, 0.1) is 0 Å². The molecule has 1 aromatic carbocycles. The van der Waals surface area contributed by atoms with Crippen molar-refractivity contribution >= 4 is 21.4 Å². The molecule has 0 spiro atoms. The van der Waals surface area contributed by atoms with Gasteiger partial charge < -0.3 is 15.7 Å². The fourth-order valence-corrected chi connectivity index (χ4v) is 2.95. The lowest BCUT2D eigenvalue weighted by Crippen LogP contribution is -2.46. The summed E-state index contributed by atoms with van der Waals surface area (Å²) in [4.78, 5) is 11.8. The van der Waals surface area contributed by atoms with E-state index in [2.05, 4.69) is 0 Å². The van der Waals surface area contributed by atoms with Crippen LogP contribution in [0.25, 0.3) is 0 Å². The van der Waals surface area contributed by atoms with E-state index in [0.717, 1.165) is 12.1 Å². The molecule has 122 valence electrons. The normalized spacial score (nSPS) is 22.8. The van der Waals surface area contributed by atoms with Gasteiger partial charge in [0.05, 0.1) is 11.4 Å². The Balaban J connectivity index is 2.23. The van der Waals surface area contributed by atoms with Gasteiger partial charge in [-0.25, -0.2) is 8.42 Å². The number of alkyl halides is 3. The summed E-state index contributed by atoms with van der Waals surface area (Å²) in [6.07, 6.45) is 0.0882. The lowest BCUT2D eigenvalue weighted by Gasteiger charge is -2.21. The molecule has 1 fully saturated rings. The van der Waals surface area contributed by atoms with E-state index >= 15 is 0 Å². The number of amides is 1. The topological polar surface area (TPSA) is 101 Å². The lowest BCUT2D eigenvalue weighted by atomic mass is 10.0. The molecule has 1 atom stereocenters. The first kappa shape index (κ1) is 16.6. The molecule has 1 amide bonds. The third-order valence-corrected chi connectivity index (χ3v) is 5.03. The molecule has 6 nitrogen and oxygen atoms in total. The van der Waals surface area contributed by atoms with Crippen LogP contribution < -0.4 is 10.6 Å². The Morgan fingerprint density at radius 2 is 1.82 bits per heavy atom. The van der Waals surface area contributed by atoms with Gasteiger partial charge in [0.15, 0.2) is 5.60 Å². The van der Waals surface area contributed by atoms with E-state index in [1.165, 1.54) is 17.0 Å². The molecule has 1 aliphatic rings. The minimum atomic E-state index is -5.40. The zero-order valence-electron chi connectivity index (χ0n) is 11.2. The van der Waals surface area contributed by atoms with Gasteiger partial charge in [0.1, 0.15) is 0 Å². The number of rotatable bonds is 3. The standard InChI is InChI=1S/C12H13F3N2O4S/c13-12(14,15)22(20,21)9-3-1-8(2-4-9)17-6-5-11(19,7-17)10(16)18/h1-4,19H,5-7H2,(H2,16,18)/t11-/m0/s1. The van der Waals surface area contributed by atoms with Crippen LogP contribution in [0.1, 0.15) is 6.42 Å². The van der Waals surface area contributed by atoms with Crippen molar-refractivity contribution in [2.45, 2.75) is 22.4 Å². The highest BCUT2D eigenvalue weighted by atomic mass is 32.2. The summed E-state index contributed by atoms with van der Waals surface area (Å²) in [7, 11) is -5.40. The summed E-state index contributed by atoms with van der Waals surface area (Å²) >= 11 is 0. The van der Waals surface area contributed by atoms with Crippen LogP contribution in [0.5, 0.6) is 0 Å². The smallest absolute Gasteiger partial charge is 0.378 e. The minimum Gasteiger partial charge on any atom is -0.378 e. The molecule has 22 heavy (non-hydrogen) atoms.